The second-order valence-corrected chi connectivity index (χ2v) is 4.03. The van der Waals surface area contributed by atoms with Gasteiger partial charge in [-0.05, 0) is 12.8 Å². The van der Waals surface area contributed by atoms with Crippen LogP contribution >= 0.6 is 11.8 Å². The number of hydrogen-bond acceptors (Lipinski definition) is 3. The van der Waals surface area contributed by atoms with E-state index in [9.17, 15) is 4.79 Å². The minimum absolute atomic E-state index is 0.283. The second kappa shape index (κ2) is 6.48. The van der Waals surface area contributed by atoms with Crippen LogP contribution in [0.2, 0.25) is 0 Å². The molecule has 0 aliphatic carbocycles. The summed E-state index contributed by atoms with van der Waals surface area (Å²) < 4.78 is 0. The van der Waals surface area contributed by atoms with Crippen LogP contribution in [0.15, 0.2) is 17.6 Å². The van der Waals surface area contributed by atoms with Gasteiger partial charge in [-0.2, -0.15) is 0 Å². The standard InChI is InChI=1S/C9H14N2O2S/c12-8(13)4-2-1-3-7-14-9-10-5-6-11-9/h5-6H,1-4,7H2,(H,10,11)(H,12,13). The molecule has 0 spiro atoms. The number of carboxylic acid groups (broad SMARTS) is 1. The number of aromatic nitrogens is 2. The highest BCUT2D eigenvalue weighted by Gasteiger charge is 1.98. The Kier molecular flexibility index (Phi) is 5.14. The van der Waals surface area contributed by atoms with Gasteiger partial charge in [-0.15, -0.1) is 0 Å². The van der Waals surface area contributed by atoms with Crippen molar-refractivity contribution in [1.29, 1.82) is 0 Å². The number of nitrogens with zero attached hydrogens (tertiary/aromatic N) is 1. The number of imidazole rings is 1. The maximum absolute atomic E-state index is 10.2. The first-order valence-corrected chi connectivity index (χ1v) is 5.61. The lowest BCUT2D eigenvalue weighted by atomic mass is 10.2. The SMILES string of the molecule is O=C(O)CCCCCSc1ncc[nH]1. The molecule has 0 amide bonds. The fourth-order valence-electron chi connectivity index (χ4n) is 1.05. The van der Waals surface area contributed by atoms with Gasteiger partial charge in [0.1, 0.15) is 0 Å². The van der Waals surface area contributed by atoms with Crippen LogP contribution in [-0.4, -0.2) is 26.8 Å². The van der Waals surface area contributed by atoms with Crippen LogP contribution in [0.5, 0.6) is 0 Å². The third kappa shape index (κ3) is 4.91. The highest BCUT2D eigenvalue weighted by atomic mass is 32.2. The summed E-state index contributed by atoms with van der Waals surface area (Å²) in [6.07, 6.45) is 6.59. The molecule has 0 aromatic carbocycles. The summed E-state index contributed by atoms with van der Waals surface area (Å²) in [4.78, 5) is 17.3. The second-order valence-electron chi connectivity index (χ2n) is 2.95. The van der Waals surface area contributed by atoms with Crippen molar-refractivity contribution in [3.8, 4) is 0 Å². The Bertz CT molecular complexity index is 262. The van der Waals surface area contributed by atoms with Crippen molar-refractivity contribution < 1.29 is 9.90 Å². The highest BCUT2D eigenvalue weighted by Crippen LogP contribution is 2.14. The maximum Gasteiger partial charge on any atom is 0.303 e. The zero-order valence-corrected chi connectivity index (χ0v) is 8.72. The summed E-state index contributed by atoms with van der Waals surface area (Å²) in [5.74, 6) is 0.288. The molecule has 2 N–H and O–H groups in total. The molecule has 0 radical (unpaired) electrons. The molecule has 1 aromatic heterocycles. The normalized spacial score (nSPS) is 10.3. The summed E-state index contributed by atoms with van der Waals surface area (Å²) in [6, 6.07) is 0. The minimum atomic E-state index is -0.705. The molecule has 78 valence electrons. The summed E-state index contributed by atoms with van der Waals surface area (Å²) in [7, 11) is 0. The van der Waals surface area contributed by atoms with E-state index in [1.807, 2.05) is 0 Å². The molecule has 0 fully saturated rings. The molecule has 1 rings (SSSR count). The van der Waals surface area contributed by atoms with Gasteiger partial charge in [0.15, 0.2) is 5.16 Å². The molecule has 0 saturated carbocycles. The summed E-state index contributed by atoms with van der Waals surface area (Å²) in [5.41, 5.74) is 0. The zero-order chi connectivity index (χ0) is 10.2. The van der Waals surface area contributed by atoms with Crippen LogP contribution in [-0.2, 0) is 4.79 Å². The van der Waals surface area contributed by atoms with Gasteiger partial charge >= 0.3 is 5.97 Å². The monoisotopic (exact) mass is 214 g/mol. The molecular weight excluding hydrogens is 200 g/mol. The number of thioether (sulfide) groups is 1. The van der Waals surface area contributed by atoms with Gasteiger partial charge in [0.25, 0.3) is 0 Å². The molecule has 1 heterocycles. The van der Waals surface area contributed by atoms with E-state index >= 15 is 0 Å². The van der Waals surface area contributed by atoms with E-state index in [0.29, 0.717) is 0 Å². The molecule has 0 unspecified atom stereocenters. The van der Waals surface area contributed by atoms with Gasteiger partial charge in [-0.3, -0.25) is 4.79 Å². The van der Waals surface area contributed by atoms with Crippen molar-refractivity contribution in [3.05, 3.63) is 12.4 Å². The Labute approximate surface area is 87.1 Å². The van der Waals surface area contributed by atoms with Crippen LogP contribution in [0.1, 0.15) is 25.7 Å². The lowest BCUT2D eigenvalue weighted by molar-refractivity contribution is -0.137. The van der Waals surface area contributed by atoms with Crippen LogP contribution in [0.4, 0.5) is 0 Å². The third-order valence-electron chi connectivity index (χ3n) is 1.75. The van der Waals surface area contributed by atoms with E-state index in [1.165, 1.54) is 0 Å². The van der Waals surface area contributed by atoms with E-state index in [4.69, 9.17) is 5.11 Å². The molecule has 1 aromatic rings. The lowest BCUT2D eigenvalue weighted by Gasteiger charge is -1.97. The number of carbonyl (C=O) groups is 1. The first kappa shape index (κ1) is 11.1. The number of aromatic amines is 1. The molecule has 5 heteroatoms. The van der Waals surface area contributed by atoms with Crippen molar-refractivity contribution in [1.82, 2.24) is 9.97 Å². The van der Waals surface area contributed by atoms with Gasteiger partial charge in [0.2, 0.25) is 0 Å². The van der Waals surface area contributed by atoms with Crippen LogP contribution in [0.3, 0.4) is 0 Å². The molecule has 4 nitrogen and oxygen atoms in total. The van der Waals surface area contributed by atoms with E-state index in [1.54, 1.807) is 24.2 Å². The van der Waals surface area contributed by atoms with Gasteiger partial charge in [0, 0.05) is 24.6 Å². The molecule has 0 saturated heterocycles. The van der Waals surface area contributed by atoms with Crippen LogP contribution < -0.4 is 0 Å². The molecule has 0 aliphatic rings. The Morgan fingerprint density at radius 1 is 1.50 bits per heavy atom. The smallest absolute Gasteiger partial charge is 0.303 e. The fourth-order valence-corrected chi connectivity index (χ4v) is 1.88. The first-order valence-electron chi connectivity index (χ1n) is 4.63. The van der Waals surface area contributed by atoms with Crippen molar-refractivity contribution in [2.75, 3.05) is 5.75 Å². The highest BCUT2D eigenvalue weighted by molar-refractivity contribution is 7.99. The predicted molar refractivity (Wildman–Crippen MR) is 55.4 cm³/mol. The van der Waals surface area contributed by atoms with Gasteiger partial charge < -0.3 is 10.1 Å². The maximum atomic E-state index is 10.2. The number of unbranched alkanes of at least 4 members (excludes halogenated alkanes) is 2. The Balaban J connectivity index is 1.92. The number of aliphatic carboxylic acids is 1. The van der Waals surface area contributed by atoms with Gasteiger partial charge in [-0.1, -0.05) is 18.2 Å². The van der Waals surface area contributed by atoms with Crippen LogP contribution in [0, 0.1) is 0 Å². The van der Waals surface area contributed by atoms with Crippen molar-refractivity contribution in [3.63, 3.8) is 0 Å². The Hall–Kier alpha value is -0.970. The number of H-pyrrole nitrogens is 1. The molecule has 0 aliphatic heterocycles. The van der Waals surface area contributed by atoms with E-state index in [2.05, 4.69) is 9.97 Å². The Morgan fingerprint density at radius 3 is 3.00 bits per heavy atom. The average Bonchev–Trinajstić information content (AvgIpc) is 2.63. The number of carboxylic acids is 1. The van der Waals surface area contributed by atoms with Crippen molar-refractivity contribution >= 4 is 17.7 Å². The Morgan fingerprint density at radius 2 is 2.36 bits per heavy atom. The van der Waals surface area contributed by atoms with E-state index < -0.39 is 5.97 Å². The van der Waals surface area contributed by atoms with Crippen molar-refractivity contribution in [2.45, 2.75) is 30.8 Å². The average molecular weight is 214 g/mol. The first-order chi connectivity index (χ1) is 6.79. The fraction of sp³-hybridized carbons (Fsp3) is 0.556. The zero-order valence-electron chi connectivity index (χ0n) is 7.90. The summed E-state index contributed by atoms with van der Waals surface area (Å²) >= 11 is 1.67. The minimum Gasteiger partial charge on any atom is -0.481 e. The van der Waals surface area contributed by atoms with E-state index in [0.717, 1.165) is 30.2 Å². The van der Waals surface area contributed by atoms with E-state index in [-0.39, 0.29) is 6.42 Å². The van der Waals surface area contributed by atoms with Gasteiger partial charge in [0.05, 0.1) is 0 Å². The largest absolute Gasteiger partial charge is 0.481 e. The topological polar surface area (TPSA) is 66.0 Å². The number of hydrogen-bond donors (Lipinski definition) is 2. The third-order valence-corrected chi connectivity index (χ3v) is 2.74. The summed E-state index contributed by atoms with van der Waals surface area (Å²) in [5, 5.41) is 9.33. The van der Waals surface area contributed by atoms with Gasteiger partial charge in [-0.25, -0.2) is 4.98 Å². The molecule has 14 heavy (non-hydrogen) atoms. The number of rotatable bonds is 7. The summed E-state index contributed by atoms with van der Waals surface area (Å²) in [6.45, 7) is 0. The molecular formula is C9H14N2O2S. The molecule has 0 atom stereocenters. The number of nitrogens with one attached hydrogen (secondary N) is 1. The molecule has 0 bridgehead atoms. The predicted octanol–water partition coefficient (Wildman–Crippen LogP) is 2.15. The lowest BCUT2D eigenvalue weighted by Crippen LogP contribution is -1.93. The van der Waals surface area contributed by atoms with Crippen LogP contribution in [0.25, 0.3) is 0 Å². The van der Waals surface area contributed by atoms with Crippen molar-refractivity contribution in [2.24, 2.45) is 0 Å². The quantitative estimate of drug-likeness (QED) is 0.539.